The van der Waals surface area contributed by atoms with Crippen LogP contribution in [0.1, 0.15) is 47.0 Å². The molecule has 0 spiro atoms. The Bertz CT molecular complexity index is 909. The van der Waals surface area contributed by atoms with Crippen LogP contribution < -0.4 is 16.4 Å². The number of nitrogens with two attached hydrogens (primary N) is 1. The first-order valence-corrected chi connectivity index (χ1v) is 9.38. The van der Waals surface area contributed by atoms with Gasteiger partial charge in [0, 0.05) is 30.8 Å². The topological polar surface area (TPSA) is 117 Å². The summed E-state index contributed by atoms with van der Waals surface area (Å²) in [5.41, 5.74) is 5.90. The number of ether oxygens (including phenoxy) is 1. The lowest BCUT2D eigenvalue weighted by Crippen LogP contribution is -2.32. The summed E-state index contributed by atoms with van der Waals surface area (Å²) < 4.78 is 34.5. The average molecular weight is 418 g/mol. The summed E-state index contributed by atoms with van der Waals surface area (Å²) in [7, 11) is 0. The predicted octanol–water partition coefficient (Wildman–Crippen LogP) is 2.39. The van der Waals surface area contributed by atoms with Crippen molar-refractivity contribution in [2.45, 2.75) is 26.5 Å². The molecule has 2 amide bonds. The third-order valence-electron chi connectivity index (χ3n) is 4.24. The minimum absolute atomic E-state index is 0.0440. The molecule has 9 heteroatoms. The van der Waals surface area contributed by atoms with E-state index in [0.29, 0.717) is 17.7 Å². The molecule has 0 aliphatic carbocycles. The van der Waals surface area contributed by atoms with Crippen molar-refractivity contribution in [3.63, 3.8) is 0 Å². The minimum Gasteiger partial charge on any atom is -0.384 e. The summed E-state index contributed by atoms with van der Waals surface area (Å²) in [6.07, 6.45) is -1.52. The van der Waals surface area contributed by atoms with Gasteiger partial charge in [-0.1, -0.05) is 24.3 Å². The van der Waals surface area contributed by atoms with E-state index < -0.39 is 35.1 Å². The summed E-state index contributed by atoms with van der Waals surface area (Å²) in [5, 5.41) is 12.4. The molecule has 0 bridgehead atoms. The molecular weight excluding hydrogens is 394 g/mol. The van der Waals surface area contributed by atoms with Gasteiger partial charge in [-0.2, -0.15) is 0 Å². The quantitative estimate of drug-likeness (QED) is 0.369. The molecule has 0 radical (unpaired) electrons. The molecule has 2 aromatic carbocycles. The highest BCUT2D eigenvalue weighted by molar-refractivity contribution is 5.95. The van der Waals surface area contributed by atoms with Crippen LogP contribution >= 0.6 is 0 Å². The monoisotopic (exact) mass is 418 g/mol. The highest BCUT2D eigenvalue weighted by atomic mass is 19.1. The highest BCUT2D eigenvalue weighted by Gasteiger charge is 2.29. The van der Waals surface area contributed by atoms with E-state index >= 15 is 0 Å². The Hall–Kier alpha value is -3.33. The molecule has 0 aliphatic heterocycles. The van der Waals surface area contributed by atoms with Crippen molar-refractivity contribution in [3.8, 4) is 0 Å². The largest absolute Gasteiger partial charge is 0.384 e. The Labute approximate surface area is 173 Å². The number of amidine groups is 1. The zero-order chi connectivity index (χ0) is 22.3. The second-order valence-corrected chi connectivity index (χ2v) is 6.38. The zero-order valence-corrected chi connectivity index (χ0v) is 16.7. The number of carbonyl (C=O) groups excluding carboxylic acids is 2. The molecule has 0 fully saturated rings. The molecule has 0 saturated heterocycles. The molecule has 1 atom stereocenters. The molecule has 7 nitrogen and oxygen atoms in total. The van der Waals surface area contributed by atoms with Crippen molar-refractivity contribution in [2.24, 2.45) is 5.73 Å². The maximum absolute atomic E-state index is 14.6. The van der Waals surface area contributed by atoms with Gasteiger partial charge >= 0.3 is 0 Å². The van der Waals surface area contributed by atoms with Gasteiger partial charge in [0.05, 0.1) is 5.56 Å². The van der Waals surface area contributed by atoms with Crippen molar-refractivity contribution < 1.29 is 23.1 Å². The lowest BCUT2D eigenvalue weighted by atomic mass is 10.0. The van der Waals surface area contributed by atoms with Crippen LogP contribution in [0.5, 0.6) is 0 Å². The van der Waals surface area contributed by atoms with E-state index in [1.54, 1.807) is 38.1 Å². The normalized spacial score (nSPS) is 11.6. The predicted molar refractivity (Wildman–Crippen MR) is 108 cm³/mol. The van der Waals surface area contributed by atoms with Crippen LogP contribution in [-0.2, 0) is 16.1 Å². The number of carbonyl (C=O) groups is 2. The van der Waals surface area contributed by atoms with Crippen LogP contribution in [-0.4, -0.2) is 30.8 Å². The maximum atomic E-state index is 14.6. The number of hydrogen-bond donors (Lipinski definition) is 4. The first-order valence-electron chi connectivity index (χ1n) is 9.38. The fourth-order valence-corrected chi connectivity index (χ4v) is 2.77. The maximum Gasteiger partial charge on any atom is 0.254 e. The Morgan fingerprint density at radius 2 is 1.67 bits per heavy atom. The Morgan fingerprint density at radius 1 is 1.07 bits per heavy atom. The molecule has 5 N–H and O–H groups in total. The van der Waals surface area contributed by atoms with E-state index in [-0.39, 0.29) is 24.6 Å². The lowest BCUT2D eigenvalue weighted by Gasteiger charge is -2.19. The van der Waals surface area contributed by atoms with Crippen molar-refractivity contribution in [2.75, 3.05) is 13.2 Å². The highest BCUT2D eigenvalue weighted by Crippen LogP contribution is 2.26. The Kier molecular flexibility index (Phi) is 7.99. The number of rotatable bonds is 9. The average Bonchev–Trinajstić information content (AvgIpc) is 2.71. The van der Waals surface area contributed by atoms with E-state index in [9.17, 15) is 18.4 Å². The molecular formula is C21H24F2N4O3. The summed E-state index contributed by atoms with van der Waals surface area (Å²) >= 11 is 0. The van der Waals surface area contributed by atoms with Crippen molar-refractivity contribution in [3.05, 3.63) is 70.3 Å². The molecule has 30 heavy (non-hydrogen) atoms. The second-order valence-electron chi connectivity index (χ2n) is 6.38. The Morgan fingerprint density at radius 3 is 2.17 bits per heavy atom. The number of hydrogen-bond acceptors (Lipinski definition) is 4. The number of halogens is 2. The summed E-state index contributed by atoms with van der Waals surface area (Å²) in [6, 6.07) is 8.36. The molecule has 160 valence electrons. The number of amides is 2. The smallest absolute Gasteiger partial charge is 0.254 e. The number of nitrogen functional groups attached to an aromatic ring is 1. The van der Waals surface area contributed by atoms with Gasteiger partial charge in [-0.3, -0.25) is 15.0 Å². The minimum atomic E-state index is -1.52. The third-order valence-corrected chi connectivity index (χ3v) is 4.24. The molecule has 0 heterocycles. The van der Waals surface area contributed by atoms with Crippen LogP contribution in [0.15, 0.2) is 36.4 Å². The molecule has 2 rings (SSSR count). The molecule has 1 unspecified atom stereocenters. The molecule has 0 saturated carbocycles. The summed E-state index contributed by atoms with van der Waals surface area (Å²) in [4.78, 5) is 24.4. The lowest BCUT2D eigenvalue weighted by molar-refractivity contribution is -0.133. The van der Waals surface area contributed by atoms with E-state index in [4.69, 9.17) is 15.9 Å². The summed E-state index contributed by atoms with van der Waals surface area (Å²) in [6.45, 7) is 3.71. The molecule has 0 aliphatic rings. The number of benzene rings is 2. The number of nitrogens with one attached hydrogen (secondary N) is 3. The van der Waals surface area contributed by atoms with E-state index in [1.807, 2.05) is 0 Å². The Balaban J connectivity index is 2.20. The van der Waals surface area contributed by atoms with Crippen molar-refractivity contribution >= 4 is 17.6 Å². The first kappa shape index (κ1) is 23.0. The molecule has 0 aromatic heterocycles. The second kappa shape index (κ2) is 10.4. The van der Waals surface area contributed by atoms with Crippen LogP contribution in [0.3, 0.4) is 0 Å². The van der Waals surface area contributed by atoms with Gasteiger partial charge in [0.1, 0.15) is 17.5 Å². The van der Waals surface area contributed by atoms with Gasteiger partial charge < -0.3 is 21.1 Å². The van der Waals surface area contributed by atoms with Gasteiger partial charge in [-0.25, -0.2) is 8.78 Å². The van der Waals surface area contributed by atoms with Crippen molar-refractivity contribution in [1.82, 2.24) is 10.6 Å². The fraction of sp³-hybridized carbons (Fsp3) is 0.286. The summed E-state index contributed by atoms with van der Waals surface area (Å²) in [5.74, 6) is -3.51. The van der Waals surface area contributed by atoms with Crippen LogP contribution in [0.4, 0.5) is 8.78 Å². The van der Waals surface area contributed by atoms with Gasteiger partial charge in [-0.15, -0.1) is 0 Å². The van der Waals surface area contributed by atoms with Crippen LogP contribution in [0, 0.1) is 17.0 Å². The fourth-order valence-electron chi connectivity index (χ4n) is 2.77. The van der Waals surface area contributed by atoms with Gasteiger partial charge in [0.15, 0.2) is 6.10 Å². The van der Waals surface area contributed by atoms with Gasteiger partial charge in [-0.05, 0) is 31.5 Å². The van der Waals surface area contributed by atoms with E-state index in [1.165, 1.54) is 0 Å². The van der Waals surface area contributed by atoms with E-state index in [2.05, 4.69) is 10.6 Å². The van der Waals surface area contributed by atoms with Crippen LogP contribution in [0.25, 0.3) is 0 Å². The third kappa shape index (κ3) is 5.60. The standard InChI is InChI=1S/C21H24F2N4O3/c1-3-26-20(28)14-9-15(22)17(16(23)10-14)18(30-4-2)21(29)27-11-12-5-7-13(8-6-12)19(24)25/h5-10,18H,3-4,11H2,1-2H3,(H3,24,25)(H,26,28)(H,27,29). The zero-order valence-electron chi connectivity index (χ0n) is 16.7. The van der Waals surface area contributed by atoms with Gasteiger partial charge in [0.25, 0.3) is 11.8 Å². The molecule has 2 aromatic rings. The van der Waals surface area contributed by atoms with Gasteiger partial charge in [0.2, 0.25) is 0 Å². The van der Waals surface area contributed by atoms with Crippen LogP contribution in [0.2, 0.25) is 0 Å². The SMILES string of the molecule is CCNC(=O)c1cc(F)c(C(OCC)C(=O)NCc2ccc(C(=N)N)cc2)c(F)c1. The van der Waals surface area contributed by atoms with E-state index in [0.717, 1.165) is 12.1 Å². The first-order chi connectivity index (χ1) is 14.3. The van der Waals surface area contributed by atoms with Crippen molar-refractivity contribution in [1.29, 1.82) is 5.41 Å².